The number of anilines is 3. The predicted molar refractivity (Wildman–Crippen MR) is 124 cm³/mol. The topological polar surface area (TPSA) is 111 Å². The minimum atomic E-state index is -0.486. The van der Waals surface area contributed by atoms with E-state index in [1.807, 2.05) is 36.9 Å². The first-order chi connectivity index (χ1) is 15.2. The predicted octanol–water partition coefficient (Wildman–Crippen LogP) is 2.69. The Morgan fingerprint density at radius 1 is 1.28 bits per heavy atom. The molecule has 0 aliphatic carbocycles. The third kappa shape index (κ3) is 4.98. The van der Waals surface area contributed by atoms with Crippen molar-refractivity contribution in [2.75, 3.05) is 15.5 Å². The summed E-state index contributed by atoms with van der Waals surface area (Å²) in [6.45, 7) is 10.3. The molecule has 0 saturated heterocycles. The summed E-state index contributed by atoms with van der Waals surface area (Å²) in [7, 11) is 0. The molecule has 2 amide bonds. The number of aromatic nitrogens is 3. The van der Waals surface area contributed by atoms with Crippen molar-refractivity contribution in [1.29, 1.82) is 0 Å². The largest absolute Gasteiger partial charge is 0.364 e. The van der Waals surface area contributed by atoms with Crippen LogP contribution in [0.2, 0.25) is 0 Å². The number of carbonyl (C=O) groups is 2. The SMILES string of the molecule is CCCCC[n+]1cccc(C(=O)N2c3c(nc(NC(=O)C(C)C)[nH]c3=O)N[C@H](C)[C@H]2C)c1. The van der Waals surface area contributed by atoms with Crippen LogP contribution in [0.4, 0.5) is 17.5 Å². The van der Waals surface area contributed by atoms with E-state index in [-0.39, 0.29) is 47.3 Å². The molecule has 0 saturated carbocycles. The highest BCUT2D eigenvalue weighted by Crippen LogP contribution is 2.31. The smallest absolute Gasteiger partial charge is 0.278 e. The Balaban J connectivity index is 1.96. The maximum atomic E-state index is 13.5. The number of aromatic amines is 1. The molecule has 0 spiro atoms. The highest BCUT2D eigenvalue weighted by atomic mass is 16.2. The van der Waals surface area contributed by atoms with Crippen LogP contribution >= 0.6 is 0 Å². The molecule has 2 aromatic rings. The molecule has 0 unspecified atom stereocenters. The maximum Gasteiger partial charge on any atom is 0.278 e. The fraction of sp³-hybridized carbons (Fsp3) is 0.522. The standard InChI is InChI=1S/C23H32N6O3/c1-6-7-8-11-28-12-9-10-17(13-28)22(32)29-16(5)15(4)24-19-18(29)21(31)27-23(25-19)26-20(30)14(2)3/h9-10,12-16H,6-8,11H2,1-5H3,(H2-,24,25,26,27,30,31)/p+1/t15-,16-/m1/s1. The van der Waals surface area contributed by atoms with Crippen LogP contribution in [0.15, 0.2) is 29.3 Å². The van der Waals surface area contributed by atoms with E-state index in [1.54, 1.807) is 19.9 Å². The van der Waals surface area contributed by atoms with Crippen LogP contribution in [0.25, 0.3) is 0 Å². The Morgan fingerprint density at radius 2 is 2.03 bits per heavy atom. The number of pyridine rings is 1. The highest BCUT2D eigenvalue weighted by molar-refractivity contribution is 6.08. The van der Waals surface area contributed by atoms with Crippen molar-refractivity contribution < 1.29 is 14.2 Å². The van der Waals surface area contributed by atoms with Gasteiger partial charge in [-0.1, -0.05) is 27.2 Å². The lowest BCUT2D eigenvalue weighted by atomic mass is 10.0. The summed E-state index contributed by atoms with van der Waals surface area (Å²) in [6, 6.07) is 3.19. The first kappa shape index (κ1) is 23.4. The lowest BCUT2D eigenvalue weighted by Crippen LogP contribution is -2.53. The second-order valence-corrected chi connectivity index (χ2v) is 8.64. The first-order valence-corrected chi connectivity index (χ1v) is 11.3. The number of aryl methyl sites for hydroxylation is 1. The number of H-pyrrole nitrogens is 1. The Bertz CT molecular complexity index is 1050. The molecule has 2 aromatic heterocycles. The molecule has 3 N–H and O–H groups in total. The molecular formula is C23H33N6O3+. The van der Waals surface area contributed by atoms with Crippen molar-refractivity contribution in [2.45, 2.75) is 72.5 Å². The molecule has 172 valence electrons. The van der Waals surface area contributed by atoms with E-state index >= 15 is 0 Å². The Morgan fingerprint density at radius 3 is 2.72 bits per heavy atom. The number of hydrogen-bond donors (Lipinski definition) is 3. The van der Waals surface area contributed by atoms with Gasteiger partial charge in [0.25, 0.3) is 11.5 Å². The first-order valence-electron chi connectivity index (χ1n) is 11.3. The average molecular weight is 442 g/mol. The van der Waals surface area contributed by atoms with Crippen molar-refractivity contribution in [3.8, 4) is 0 Å². The molecule has 0 aromatic carbocycles. The number of hydrogen-bond acceptors (Lipinski definition) is 5. The summed E-state index contributed by atoms with van der Waals surface area (Å²) < 4.78 is 2.01. The van der Waals surface area contributed by atoms with Crippen molar-refractivity contribution >= 4 is 29.3 Å². The fourth-order valence-corrected chi connectivity index (χ4v) is 3.63. The van der Waals surface area contributed by atoms with Crippen molar-refractivity contribution in [3.05, 3.63) is 40.4 Å². The van der Waals surface area contributed by atoms with Gasteiger partial charge in [0.1, 0.15) is 12.1 Å². The zero-order valence-electron chi connectivity index (χ0n) is 19.4. The van der Waals surface area contributed by atoms with Crippen molar-refractivity contribution in [1.82, 2.24) is 9.97 Å². The number of fused-ring (bicyclic) bond motifs is 1. The van der Waals surface area contributed by atoms with Gasteiger partial charge in [-0.05, 0) is 26.3 Å². The molecule has 1 aliphatic heterocycles. The van der Waals surface area contributed by atoms with Crippen LogP contribution in [0.3, 0.4) is 0 Å². The average Bonchev–Trinajstić information content (AvgIpc) is 2.75. The van der Waals surface area contributed by atoms with E-state index in [0.717, 1.165) is 25.8 Å². The number of carbonyl (C=O) groups excluding carboxylic acids is 2. The van der Waals surface area contributed by atoms with Crippen LogP contribution in [0.1, 0.15) is 64.2 Å². The van der Waals surface area contributed by atoms with Gasteiger partial charge in [-0.3, -0.25) is 29.6 Å². The van der Waals surface area contributed by atoms with Crippen molar-refractivity contribution in [2.24, 2.45) is 5.92 Å². The highest BCUT2D eigenvalue weighted by Gasteiger charge is 2.37. The number of amides is 2. The van der Waals surface area contributed by atoms with E-state index in [2.05, 4.69) is 27.5 Å². The summed E-state index contributed by atoms with van der Waals surface area (Å²) in [4.78, 5) is 47.0. The Kier molecular flexibility index (Phi) is 7.27. The maximum absolute atomic E-state index is 13.5. The number of unbranched alkanes of at least 4 members (excludes halogenated alkanes) is 2. The number of nitrogens with zero attached hydrogens (tertiary/aromatic N) is 3. The molecule has 2 atom stereocenters. The van der Waals surface area contributed by atoms with Gasteiger partial charge < -0.3 is 5.32 Å². The molecule has 32 heavy (non-hydrogen) atoms. The molecular weight excluding hydrogens is 408 g/mol. The van der Waals surface area contributed by atoms with E-state index in [4.69, 9.17) is 0 Å². The summed E-state index contributed by atoms with van der Waals surface area (Å²) in [5.41, 5.74) is 0.178. The van der Waals surface area contributed by atoms with Crippen LogP contribution in [-0.2, 0) is 11.3 Å². The molecule has 3 heterocycles. The van der Waals surface area contributed by atoms with Gasteiger partial charge in [0, 0.05) is 24.4 Å². The second-order valence-electron chi connectivity index (χ2n) is 8.64. The molecule has 0 radical (unpaired) electrons. The van der Waals surface area contributed by atoms with Gasteiger partial charge in [-0.15, -0.1) is 0 Å². The quantitative estimate of drug-likeness (QED) is 0.452. The third-order valence-corrected chi connectivity index (χ3v) is 5.74. The zero-order valence-corrected chi connectivity index (χ0v) is 19.4. The van der Waals surface area contributed by atoms with Gasteiger partial charge >= 0.3 is 0 Å². The summed E-state index contributed by atoms with van der Waals surface area (Å²) in [6.07, 6.45) is 7.07. The van der Waals surface area contributed by atoms with Gasteiger partial charge in [0.15, 0.2) is 23.9 Å². The summed E-state index contributed by atoms with van der Waals surface area (Å²) in [5.74, 6) is -0.442. The zero-order chi connectivity index (χ0) is 23.4. The fourth-order valence-electron chi connectivity index (χ4n) is 3.63. The van der Waals surface area contributed by atoms with E-state index < -0.39 is 5.56 Å². The van der Waals surface area contributed by atoms with E-state index in [9.17, 15) is 14.4 Å². The molecule has 9 nitrogen and oxygen atoms in total. The van der Waals surface area contributed by atoms with Gasteiger partial charge in [0.2, 0.25) is 11.9 Å². The molecule has 3 rings (SSSR count). The van der Waals surface area contributed by atoms with Crippen LogP contribution in [0, 0.1) is 5.92 Å². The number of nitrogens with one attached hydrogen (secondary N) is 3. The monoisotopic (exact) mass is 441 g/mol. The Hall–Kier alpha value is -3.23. The van der Waals surface area contributed by atoms with Gasteiger partial charge in [0.05, 0.1) is 6.04 Å². The Labute approximate surface area is 188 Å². The van der Waals surface area contributed by atoms with E-state index in [1.165, 1.54) is 4.90 Å². The number of rotatable bonds is 7. The van der Waals surface area contributed by atoms with Crippen molar-refractivity contribution in [3.63, 3.8) is 0 Å². The third-order valence-electron chi connectivity index (χ3n) is 5.74. The summed E-state index contributed by atoms with van der Waals surface area (Å²) in [5, 5.41) is 5.81. The summed E-state index contributed by atoms with van der Waals surface area (Å²) >= 11 is 0. The molecule has 0 bridgehead atoms. The second kappa shape index (κ2) is 9.93. The van der Waals surface area contributed by atoms with Crippen LogP contribution in [0.5, 0.6) is 0 Å². The molecule has 1 aliphatic rings. The van der Waals surface area contributed by atoms with E-state index in [0.29, 0.717) is 5.56 Å². The van der Waals surface area contributed by atoms with Crippen LogP contribution in [-0.4, -0.2) is 33.9 Å². The lowest BCUT2D eigenvalue weighted by Gasteiger charge is -2.38. The minimum Gasteiger partial charge on any atom is -0.364 e. The lowest BCUT2D eigenvalue weighted by molar-refractivity contribution is -0.697. The molecule has 0 fully saturated rings. The van der Waals surface area contributed by atoms with Crippen LogP contribution < -0.4 is 25.7 Å². The normalized spacial score (nSPS) is 17.6. The van der Waals surface area contributed by atoms with Gasteiger partial charge in [-0.25, -0.2) is 4.57 Å². The van der Waals surface area contributed by atoms with Gasteiger partial charge in [-0.2, -0.15) is 4.98 Å². The minimum absolute atomic E-state index is 0.0579. The molecule has 9 heteroatoms.